The van der Waals surface area contributed by atoms with E-state index in [0.717, 1.165) is 29.7 Å². The van der Waals surface area contributed by atoms with Crippen molar-refractivity contribution >= 4 is 15.8 Å². The van der Waals surface area contributed by atoms with Crippen LogP contribution >= 0.6 is 0 Å². The van der Waals surface area contributed by atoms with E-state index in [1.165, 1.54) is 25.5 Å². The van der Waals surface area contributed by atoms with Crippen molar-refractivity contribution in [3.8, 4) is 11.3 Å². The van der Waals surface area contributed by atoms with Crippen LogP contribution in [0.2, 0.25) is 0 Å². The quantitative estimate of drug-likeness (QED) is 0.916. The molecule has 0 atom stereocenters. The van der Waals surface area contributed by atoms with Crippen LogP contribution in [0.5, 0.6) is 0 Å². The van der Waals surface area contributed by atoms with Gasteiger partial charge in [-0.1, -0.05) is 31.4 Å². The van der Waals surface area contributed by atoms with Crippen LogP contribution in [0.15, 0.2) is 35.4 Å². The van der Waals surface area contributed by atoms with Crippen LogP contribution in [0.1, 0.15) is 37.7 Å². The van der Waals surface area contributed by atoms with E-state index in [2.05, 4.69) is 15.3 Å². The van der Waals surface area contributed by atoms with E-state index in [-0.39, 0.29) is 0 Å². The smallest absolute Gasteiger partial charge is 0.223 e. The van der Waals surface area contributed by atoms with Gasteiger partial charge in [-0.25, -0.2) is 18.4 Å². The minimum Gasteiger partial charge on any atom is -0.351 e. The minimum atomic E-state index is -3.18. The predicted octanol–water partition coefficient (Wildman–Crippen LogP) is 3.60. The molecule has 1 fully saturated rings. The molecular weight excluding hydrogens is 322 g/mol. The second-order valence-electron chi connectivity index (χ2n) is 6.50. The van der Waals surface area contributed by atoms with E-state index in [9.17, 15) is 8.42 Å². The maximum Gasteiger partial charge on any atom is 0.223 e. The van der Waals surface area contributed by atoms with Crippen LogP contribution in [0.25, 0.3) is 11.3 Å². The van der Waals surface area contributed by atoms with Crippen LogP contribution < -0.4 is 5.32 Å². The van der Waals surface area contributed by atoms with Gasteiger partial charge in [0.1, 0.15) is 0 Å². The number of anilines is 1. The highest BCUT2D eigenvalue weighted by atomic mass is 32.2. The average molecular weight is 345 g/mol. The van der Waals surface area contributed by atoms with Gasteiger partial charge < -0.3 is 5.32 Å². The van der Waals surface area contributed by atoms with Crippen LogP contribution in [0, 0.1) is 6.92 Å². The zero-order chi connectivity index (χ0) is 17.2. The third kappa shape index (κ3) is 3.93. The molecule has 1 aromatic carbocycles. The average Bonchev–Trinajstić information content (AvgIpc) is 2.57. The third-order valence-corrected chi connectivity index (χ3v) is 5.59. The molecule has 0 amide bonds. The summed E-state index contributed by atoms with van der Waals surface area (Å²) in [5.41, 5.74) is 2.70. The van der Waals surface area contributed by atoms with Crippen molar-refractivity contribution in [1.82, 2.24) is 9.97 Å². The highest BCUT2D eigenvalue weighted by Gasteiger charge is 2.15. The summed E-state index contributed by atoms with van der Waals surface area (Å²) in [6, 6.07) is 7.30. The highest BCUT2D eigenvalue weighted by molar-refractivity contribution is 7.90. The summed E-state index contributed by atoms with van der Waals surface area (Å²) < 4.78 is 23.2. The molecular formula is C18H23N3O2S. The van der Waals surface area contributed by atoms with Gasteiger partial charge in [0.25, 0.3) is 0 Å². The lowest BCUT2D eigenvalue weighted by Gasteiger charge is -2.23. The van der Waals surface area contributed by atoms with Crippen LogP contribution in [0.4, 0.5) is 5.95 Å². The Labute approximate surface area is 143 Å². The van der Waals surface area contributed by atoms with Gasteiger partial charge in [-0.3, -0.25) is 0 Å². The summed E-state index contributed by atoms with van der Waals surface area (Å²) in [4.78, 5) is 9.37. The fourth-order valence-corrected chi connectivity index (χ4v) is 3.72. The van der Waals surface area contributed by atoms with Gasteiger partial charge in [-0.05, 0) is 37.5 Å². The van der Waals surface area contributed by atoms with Crippen molar-refractivity contribution in [1.29, 1.82) is 0 Å². The fourth-order valence-electron chi connectivity index (χ4n) is 3.09. The fraction of sp³-hybridized carbons (Fsp3) is 0.444. The van der Waals surface area contributed by atoms with Gasteiger partial charge in [0.05, 0.1) is 10.6 Å². The number of hydrogen-bond acceptors (Lipinski definition) is 5. The molecule has 1 aromatic heterocycles. The lowest BCUT2D eigenvalue weighted by molar-refractivity contribution is 0.461. The Kier molecular flexibility index (Phi) is 4.85. The molecule has 6 heteroatoms. The van der Waals surface area contributed by atoms with E-state index >= 15 is 0 Å². The number of aromatic nitrogens is 2. The molecule has 5 nitrogen and oxygen atoms in total. The Morgan fingerprint density at radius 2 is 1.75 bits per heavy atom. The van der Waals surface area contributed by atoms with Crippen molar-refractivity contribution < 1.29 is 8.42 Å². The summed E-state index contributed by atoms with van der Waals surface area (Å²) >= 11 is 0. The van der Waals surface area contributed by atoms with E-state index in [1.54, 1.807) is 24.3 Å². The standard InChI is InChI=1S/C18H23N3O2S/c1-13-12-19-18(20-15-6-4-3-5-7-15)21-17(13)14-8-10-16(11-9-14)24(2,22)23/h8-12,15H,3-7H2,1-2H3,(H,19,20,21). The molecule has 0 radical (unpaired) electrons. The first kappa shape index (κ1) is 16.9. The van der Waals surface area contributed by atoms with Gasteiger partial charge in [0.2, 0.25) is 5.95 Å². The van der Waals surface area contributed by atoms with Gasteiger partial charge in [0.15, 0.2) is 9.84 Å². The largest absolute Gasteiger partial charge is 0.351 e. The summed E-state index contributed by atoms with van der Waals surface area (Å²) in [7, 11) is -3.18. The topological polar surface area (TPSA) is 72.0 Å². The number of nitrogens with one attached hydrogen (secondary N) is 1. The monoisotopic (exact) mass is 345 g/mol. The normalized spacial score (nSPS) is 16.1. The molecule has 1 heterocycles. The molecule has 1 saturated carbocycles. The zero-order valence-corrected chi connectivity index (χ0v) is 14.9. The highest BCUT2D eigenvalue weighted by Crippen LogP contribution is 2.25. The molecule has 2 aromatic rings. The van der Waals surface area contributed by atoms with Crippen molar-refractivity contribution in [2.24, 2.45) is 0 Å². The number of rotatable bonds is 4. The molecule has 24 heavy (non-hydrogen) atoms. The summed E-state index contributed by atoms with van der Waals surface area (Å²) in [5.74, 6) is 0.648. The molecule has 1 N–H and O–H groups in total. The Balaban J connectivity index is 1.85. The second-order valence-corrected chi connectivity index (χ2v) is 8.52. The maximum absolute atomic E-state index is 11.6. The van der Waals surface area contributed by atoms with Crippen molar-refractivity contribution in [2.45, 2.75) is 50.0 Å². The first-order valence-corrected chi connectivity index (χ1v) is 10.2. The van der Waals surface area contributed by atoms with Gasteiger partial charge in [0, 0.05) is 24.1 Å². The molecule has 128 valence electrons. The van der Waals surface area contributed by atoms with Crippen molar-refractivity contribution in [3.63, 3.8) is 0 Å². The second kappa shape index (κ2) is 6.89. The van der Waals surface area contributed by atoms with Gasteiger partial charge >= 0.3 is 0 Å². The van der Waals surface area contributed by atoms with Gasteiger partial charge in [-0.15, -0.1) is 0 Å². The molecule has 3 rings (SSSR count). The molecule has 1 aliphatic carbocycles. The zero-order valence-electron chi connectivity index (χ0n) is 14.1. The Bertz CT molecular complexity index is 811. The number of aryl methyl sites for hydroxylation is 1. The first-order valence-electron chi connectivity index (χ1n) is 8.34. The van der Waals surface area contributed by atoms with Crippen LogP contribution in [-0.4, -0.2) is 30.7 Å². The summed E-state index contributed by atoms with van der Waals surface area (Å²) in [6.07, 6.45) is 9.17. The van der Waals surface area contributed by atoms with Crippen LogP contribution in [-0.2, 0) is 9.84 Å². The van der Waals surface area contributed by atoms with E-state index in [1.807, 2.05) is 13.1 Å². The molecule has 0 spiro atoms. The Hall–Kier alpha value is -1.95. The summed E-state index contributed by atoms with van der Waals surface area (Å²) in [6.45, 7) is 1.96. The molecule has 1 aliphatic rings. The van der Waals surface area contributed by atoms with E-state index < -0.39 is 9.84 Å². The number of nitrogens with zero attached hydrogens (tertiary/aromatic N) is 2. The third-order valence-electron chi connectivity index (χ3n) is 4.47. The molecule has 0 unspecified atom stereocenters. The first-order chi connectivity index (χ1) is 11.4. The Morgan fingerprint density at radius 1 is 1.08 bits per heavy atom. The van der Waals surface area contributed by atoms with E-state index in [4.69, 9.17) is 0 Å². The minimum absolute atomic E-state index is 0.318. The maximum atomic E-state index is 11.6. The van der Waals surface area contributed by atoms with Crippen LogP contribution in [0.3, 0.4) is 0 Å². The number of sulfone groups is 1. The molecule has 0 bridgehead atoms. The van der Waals surface area contributed by atoms with E-state index in [0.29, 0.717) is 16.9 Å². The summed E-state index contributed by atoms with van der Waals surface area (Å²) in [5, 5.41) is 3.44. The lowest BCUT2D eigenvalue weighted by Crippen LogP contribution is -2.23. The SMILES string of the molecule is Cc1cnc(NC2CCCCC2)nc1-c1ccc(S(C)(=O)=O)cc1. The molecule has 0 aliphatic heterocycles. The lowest BCUT2D eigenvalue weighted by atomic mass is 9.96. The number of hydrogen-bond donors (Lipinski definition) is 1. The predicted molar refractivity (Wildman–Crippen MR) is 95.8 cm³/mol. The Morgan fingerprint density at radius 3 is 2.38 bits per heavy atom. The molecule has 0 saturated heterocycles. The van der Waals surface area contributed by atoms with Crippen molar-refractivity contribution in [2.75, 3.05) is 11.6 Å². The van der Waals surface area contributed by atoms with Gasteiger partial charge in [-0.2, -0.15) is 0 Å². The van der Waals surface area contributed by atoms with Crippen molar-refractivity contribution in [3.05, 3.63) is 36.0 Å². The number of benzene rings is 1.